The molecule has 0 spiro atoms. The Morgan fingerprint density at radius 3 is 2.45 bits per heavy atom. The molecule has 170 valence electrons. The van der Waals surface area contributed by atoms with Crippen molar-refractivity contribution >= 4 is 23.6 Å². The summed E-state index contributed by atoms with van der Waals surface area (Å²) in [7, 11) is 3.44. The Balaban J connectivity index is 1.62. The molecule has 1 unspecified atom stereocenters. The molecule has 2 aliphatic rings. The summed E-state index contributed by atoms with van der Waals surface area (Å²) in [4.78, 5) is 45.0. The molecule has 2 aliphatic heterocycles. The molecular weight excluding hydrogens is 396 g/mol. The average Bonchev–Trinajstić information content (AvgIpc) is 3.09. The first-order valence-electron chi connectivity index (χ1n) is 10.8. The van der Waals surface area contributed by atoms with Crippen LogP contribution in [0.5, 0.6) is 0 Å². The van der Waals surface area contributed by atoms with Gasteiger partial charge in [0, 0.05) is 57.6 Å². The average molecular weight is 431 g/mol. The van der Waals surface area contributed by atoms with Crippen molar-refractivity contribution in [2.75, 3.05) is 51.7 Å². The lowest BCUT2D eigenvalue weighted by Crippen LogP contribution is -2.56. The Labute approximate surface area is 184 Å². The first-order valence-corrected chi connectivity index (χ1v) is 10.8. The number of benzene rings is 1. The van der Waals surface area contributed by atoms with Crippen molar-refractivity contribution in [3.8, 4) is 0 Å². The molecule has 0 N–H and O–H groups in total. The van der Waals surface area contributed by atoms with E-state index in [-0.39, 0.29) is 30.5 Å². The molecule has 0 radical (unpaired) electrons. The smallest absolute Gasteiger partial charge is 0.410 e. The van der Waals surface area contributed by atoms with Gasteiger partial charge >= 0.3 is 6.09 Å². The summed E-state index contributed by atoms with van der Waals surface area (Å²) in [5.41, 5.74) is 1.98. The molecule has 1 atom stereocenters. The Hall–Kier alpha value is -2.61. The SMILES string of the molecule is CC1CN(CC(=O)N2CCc3ccc(C(=O)N(C)C)cc32)CCN1C(=O)OC(C)(C)C. The minimum atomic E-state index is -0.528. The Kier molecular flexibility index (Phi) is 6.59. The fourth-order valence-corrected chi connectivity index (χ4v) is 4.07. The number of piperazine rings is 1. The number of nitrogens with zero attached hydrogens (tertiary/aromatic N) is 4. The standard InChI is InChI=1S/C23H34N4O4/c1-16-14-25(11-12-26(16)22(30)31-23(2,3)4)15-20(28)27-10-9-17-7-8-18(13-19(17)27)21(29)24(5)6/h7-8,13,16H,9-12,14-15H2,1-6H3. The third kappa shape index (κ3) is 5.36. The van der Waals surface area contributed by atoms with Crippen LogP contribution in [0, 0.1) is 0 Å². The van der Waals surface area contributed by atoms with E-state index >= 15 is 0 Å². The van der Waals surface area contributed by atoms with E-state index in [1.165, 1.54) is 4.90 Å². The predicted molar refractivity (Wildman–Crippen MR) is 119 cm³/mol. The van der Waals surface area contributed by atoms with Crippen LogP contribution < -0.4 is 4.90 Å². The van der Waals surface area contributed by atoms with Gasteiger partial charge < -0.3 is 19.4 Å². The van der Waals surface area contributed by atoms with Crippen LogP contribution in [0.1, 0.15) is 43.6 Å². The minimum Gasteiger partial charge on any atom is -0.444 e. The number of amides is 3. The molecule has 1 fully saturated rings. The summed E-state index contributed by atoms with van der Waals surface area (Å²) in [5.74, 6) is -0.0553. The molecular formula is C23H34N4O4. The molecule has 1 aromatic carbocycles. The predicted octanol–water partition coefficient (Wildman–Crippen LogP) is 2.22. The van der Waals surface area contributed by atoms with Crippen molar-refractivity contribution in [2.24, 2.45) is 0 Å². The van der Waals surface area contributed by atoms with Crippen molar-refractivity contribution in [3.05, 3.63) is 29.3 Å². The van der Waals surface area contributed by atoms with Crippen molar-refractivity contribution in [2.45, 2.75) is 45.8 Å². The van der Waals surface area contributed by atoms with E-state index in [2.05, 4.69) is 4.90 Å². The topological polar surface area (TPSA) is 73.4 Å². The summed E-state index contributed by atoms with van der Waals surface area (Å²) in [6.45, 7) is 10.2. The van der Waals surface area contributed by atoms with Gasteiger partial charge in [-0.3, -0.25) is 14.5 Å². The van der Waals surface area contributed by atoms with Crippen LogP contribution in [0.25, 0.3) is 0 Å². The largest absolute Gasteiger partial charge is 0.444 e. The van der Waals surface area contributed by atoms with Crippen molar-refractivity contribution in [1.82, 2.24) is 14.7 Å². The molecule has 3 rings (SSSR count). The lowest BCUT2D eigenvalue weighted by molar-refractivity contribution is -0.120. The molecule has 2 heterocycles. The molecule has 0 bridgehead atoms. The highest BCUT2D eigenvalue weighted by Crippen LogP contribution is 2.30. The molecule has 8 heteroatoms. The van der Waals surface area contributed by atoms with Gasteiger partial charge in [-0.05, 0) is 51.8 Å². The van der Waals surface area contributed by atoms with Crippen molar-refractivity contribution in [1.29, 1.82) is 0 Å². The van der Waals surface area contributed by atoms with Crippen LogP contribution in [0.4, 0.5) is 10.5 Å². The fourth-order valence-electron chi connectivity index (χ4n) is 4.07. The molecule has 0 aromatic heterocycles. The number of anilines is 1. The second-order valence-corrected chi connectivity index (χ2v) is 9.60. The highest BCUT2D eigenvalue weighted by molar-refractivity contribution is 6.00. The first-order chi connectivity index (χ1) is 14.5. The van der Waals surface area contributed by atoms with Gasteiger partial charge in [-0.1, -0.05) is 6.07 Å². The van der Waals surface area contributed by atoms with E-state index in [0.717, 1.165) is 17.7 Å². The van der Waals surface area contributed by atoms with Crippen LogP contribution in [-0.4, -0.2) is 91.1 Å². The van der Waals surface area contributed by atoms with E-state index in [0.29, 0.717) is 31.7 Å². The van der Waals surface area contributed by atoms with Crippen molar-refractivity contribution in [3.63, 3.8) is 0 Å². The minimum absolute atomic E-state index is 0.0196. The van der Waals surface area contributed by atoms with Crippen LogP contribution in [0.15, 0.2) is 18.2 Å². The van der Waals surface area contributed by atoms with E-state index in [1.54, 1.807) is 23.9 Å². The highest BCUT2D eigenvalue weighted by Gasteiger charge is 2.33. The monoisotopic (exact) mass is 430 g/mol. The van der Waals surface area contributed by atoms with E-state index < -0.39 is 5.60 Å². The summed E-state index contributed by atoms with van der Waals surface area (Å²) < 4.78 is 5.49. The molecule has 0 saturated carbocycles. The van der Waals surface area contributed by atoms with E-state index in [9.17, 15) is 14.4 Å². The van der Waals surface area contributed by atoms with Gasteiger partial charge in [-0.15, -0.1) is 0 Å². The molecule has 1 saturated heterocycles. The molecule has 0 aliphatic carbocycles. The lowest BCUT2D eigenvalue weighted by atomic mass is 10.1. The van der Waals surface area contributed by atoms with Crippen LogP contribution in [0.3, 0.4) is 0 Å². The summed E-state index contributed by atoms with van der Waals surface area (Å²) in [5, 5.41) is 0. The van der Waals surface area contributed by atoms with E-state index in [4.69, 9.17) is 4.74 Å². The maximum absolute atomic E-state index is 13.1. The normalized spacial score (nSPS) is 19.2. The number of hydrogen-bond donors (Lipinski definition) is 0. The fraction of sp³-hybridized carbons (Fsp3) is 0.609. The number of ether oxygens (including phenoxy) is 1. The van der Waals surface area contributed by atoms with Gasteiger partial charge in [-0.2, -0.15) is 0 Å². The zero-order chi connectivity index (χ0) is 22.9. The van der Waals surface area contributed by atoms with Crippen molar-refractivity contribution < 1.29 is 19.1 Å². The summed E-state index contributed by atoms with van der Waals surface area (Å²) in [6.07, 6.45) is 0.484. The molecule has 1 aromatic rings. The van der Waals surface area contributed by atoms with Gasteiger partial charge in [0.2, 0.25) is 5.91 Å². The third-order valence-corrected chi connectivity index (χ3v) is 5.63. The highest BCUT2D eigenvalue weighted by atomic mass is 16.6. The summed E-state index contributed by atoms with van der Waals surface area (Å²) >= 11 is 0. The third-order valence-electron chi connectivity index (χ3n) is 5.63. The zero-order valence-electron chi connectivity index (χ0n) is 19.5. The zero-order valence-corrected chi connectivity index (χ0v) is 19.5. The second kappa shape index (κ2) is 8.86. The second-order valence-electron chi connectivity index (χ2n) is 9.60. The number of rotatable bonds is 3. The number of fused-ring (bicyclic) bond motifs is 1. The van der Waals surface area contributed by atoms with Gasteiger partial charge in [0.05, 0.1) is 6.54 Å². The quantitative estimate of drug-likeness (QED) is 0.735. The first kappa shape index (κ1) is 23.1. The summed E-state index contributed by atoms with van der Waals surface area (Å²) in [6, 6.07) is 5.56. The van der Waals surface area contributed by atoms with Gasteiger partial charge in [0.15, 0.2) is 0 Å². The molecule has 31 heavy (non-hydrogen) atoms. The Bertz CT molecular complexity index is 862. The van der Waals surface area contributed by atoms with Gasteiger partial charge in [-0.25, -0.2) is 4.79 Å². The number of carbonyl (C=O) groups excluding carboxylic acids is 3. The maximum Gasteiger partial charge on any atom is 0.410 e. The van der Waals surface area contributed by atoms with Crippen LogP contribution in [-0.2, 0) is 16.0 Å². The van der Waals surface area contributed by atoms with Crippen LogP contribution in [0.2, 0.25) is 0 Å². The van der Waals surface area contributed by atoms with E-state index in [1.807, 2.05) is 45.9 Å². The maximum atomic E-state index is 13.1. The van der Waals surface area contributed by atoms with Gasteiger partial charge in [0.25, 0.3) is 5.91 Å². The van der Waals surface area contributed by atoms with Crippen LogP contribution >= 0.6 is 0 Å². The van der Waals surface area contributed by atoms with Gasteiger partial charge in [0.1, 0.15) is 5.60 Å². The Morgan fingerprint density at radius 2 is 1.84 bits per heavy atom. The molecule has 8 nitrogen and oxygen atoms in total. The Morgan fingerprint density at radius 1 is 1.13 bits per heavy atom. The molecule has 3 amide bonds. The number of hydrogen-bond acceptors (Lipinski definition) is 5. The lowest BCUT2D eigenvalue weighted by Gasteiger charge is -2.40. The number of carbonyl (C=O) groups is 3.